The monoisotopic (exact) mass is 289 g/mol. The van der Waals surface area contributed by atoms with Crippen LogP contribution in [0, 0.1) is 0 Å². The van der Waals surface area contributed by atoms with Crippen LogP contribution in [0.5, 0.6) is 0 Å². The molecule has 0 amide bonds. The highest BCUT2D eigenvalue weighted by Crippen LogP contribution is 2.08. The van der Waals surface area contributed by atoms with E-state index in [0.29, 0.717) is 12.3 Å². The first-order valence-electron chi connectivity index (χ1n) is 6.57. The van der Waals surface area contributed by atoms with Crippen LogP contribution in [0.4, 0.5) is 0 Å². The summed E-state index contributed by atoms with van der Waals surface area (Å²) >= 11 is 1.74. The Balaban J connectivity index is 2.06. The second-order valence-corrected chi connectivity index (χ2v) is 7.77. The van der Waals surface area contributed by atoms with E-state index in [1.165, 1.54) is 4.88 Å². The van der Waals surface area contributed by atoms with E-state index in [0.717, 1.165) is 32.2 Å². The molecule has 0 saturated heterocycles. The van der Waals surface area contributed by atoms with Gasteiger partial charge in [-0.05, 0) is 30.8 Å². The summed E-state index contributed by atoms with van der Waals surface area (Å²) < 4.78 is 23.3. The zero-order valence-electron chi connectivity index (χ0n) is 11.0. The molecule has 0 fully saturated rings. The Hall–Kier alpha value is -0.390. The SMILES string of the molecule is CCCCCS(=O)(=O)CCNCCc1cccs1. The second-order valence-electron chi connectivity index (χ2n) is 4.44. The molecule has 0 saturated carbocycles. The van der Waals surface area contributed by atoms with E-state index in [1.807, 2.05) is 6.07 Å². The van der Waals surface area contributed by atoms with Crippen molar-refractivity contribution in [3.63, 3.8) is 0 Å². The van der Waals surface area contributed by atoms with E-state index in [-0.39, 0.29) is 5.75 Å². The lowest BCUT2D eigenvalue weighted by atomic mass is 10.3. The third-order valence-electron chi connectivity index (χ3n) is 2.78. The van der Waals surface area contributed by atoms with Crippen LogP contribution in [-0.2, 0) is 16.3 Å². The van der Waals surface area contributed by atoms with Gasteiger partial charge in [0.25, 0.3) is 0 Å². The predicted molar refractivity (Wildman–Crippen MR) is 79.1 cm³/mol. The molecule has 1 aromatic heterocycles. The van der Waals surface area contributed by atoms with Crippen LogP contribution in [-0.4, -0.2) is 33.0 Å². The van der Waals surface area contributed by atoms with Gasteiger partial charge >= 0.3 is 0 Å². The summed E-state index contributed by atoms with van der Waals surface area (Å²) in [7, 11) is -2.85. The van der Waals surface area contributed by atoms with E-state index in [1.54, 1.807) is 11.3 Å². The summed E-state index contributed by atoms with van der Waals surface area (Å²) in [6, 6.07) is 4.14. The van der Waals surface area contributed by atoms with Gasteiger partial charge in [-0.25, -0.2) is 8.42 Å². The summed E-state index contributed by atoms with van der Waals surface area (Å²) in [6.07, 6.45) is 3.85. The van der Waals surface area contributed by atoms with Gasteiger partial charge in [0.05, 0.1) is 11.5 Å². The zero-order valence-corrected chi connectivity index (χ0v) is 12.7. The van der Waals surface area contributed by atoms with Crippen molar-refractivity contribution < 1.29 is 8.42 Å². The van der Waals surface area contributed by atoms with Crippen LogP contribution < -0.4 is 5.32 Å². The van der Waals surface area contributed by atoms with E-state index < -0.39 is 9.84 Å². The van der Waals surface area contributed by atoms with Crippen LogP contribution in [0.3, 0.4) is 0 Å². The van der Waals surface area contributed by atoms with E-state index in [9.17, 15) is 8.42 Å². The number of hydrogen-bond donors (Lipinski definition) is 1. The fourth-order valence-corrected chi connectivity index (χ4v) is 3.71. The minimum Gasteiger partial charge on any atom is -0.315 e. The lowest BCUT2D eigenvalue weighted by Crippen LogP contribution is -2.26. The molecule has 1 N–H and O–H groups in total. The fourth-order valence-electron chi connectivity index (χ4n) is 1.69. The van der Waals surface area contributed by atoms with E-state index in [4.69, 9.17) is 0 Å². The van der Waals surface area contributed by atoms with Crippen LogP contribution in [0.15, 0.2) is 17.5 Å². The molecule has 104 valence electrons. The van der Waals surface area contributed by atoms with Gasteiger partial charge in [0.1, 0.15) is 0 Å². The first-order valence-corrected chi connectivity index (χ1v) is 9.27. The van der Waals surface area contributed by atoms with E-state index in [2.05, 4.69) is 23.7 Å². The normalized spacial score (nSPS) is 11.8. The highest BCUT2D eigenvalue weighted by Gasteiger charge is 2.09. The average Bonchev–Trinajstić information content (AvgIpc) is 2.81. The Kier molecular flexibility index (Phi) is 7.54. The third-order valence-corrected chi connectivity index (χ3v) is 5.45. The summed E-state index contributed by atoms with van der Waals surface area (Å²) in [5.41, 5.74) is 0. The molecule has 0 aliphatic heterocycles. The molecular weight excluding hydrogens is 266 g/mol. The number of unbranched alkanes of at least 4 members (excludes halogenated alkanes) is 2. The van der Waals surface area contributed by atoms with Crippen LogP contribution in [0.25, 0.3) is 0 Å². The molecule has 0 aromatic carbocycles. The quantitative estimate of drug-likeness (QED) is 0.673. The standard InChI is InChI=1S/C13H23NO2S2/c1-2-3-4-11-18(15,16)12-9-14-8-7-13-6-5-10-17-13/h5-6,10,14H,2-4,7-9,11-12H2,1H3. The number of thiophene rings is 1. The Bertz CT molecular complexity index is 399. The summed E-state index contributed by atoms with van der Waals surface area (Å²) in [4.78, 5) is 1.34. The van der Waals surface area contributed by atoms with Crippen molar-refractivity contribution in [2.75, 3.05) is 24.6 Å². The van der Waals surface area contributed by atoms with Crippen LogP contribution in [0.1, 0.15) is 31.1 Å². The first kappa shape index (κ1) is 15.7. The van der Waals surface area contributed by atoms with Crippen molar-refractivity contribution in [1.29, 1.82) is 0 Å². The maximum Gasteiger partial charge on any atom is 0.151 e. The highest BCUT2D eigenvalue weighted by molar-refractivity contribution is 7.91. The highest BCUT2D eigenvalue weighted by atomic mass is 32.2. The minimum atomic E-state index is -2.85. The number of sulfone groups is 1. The van der Waals surface area contributed by atoms with Crippen molar-refractivity contribution >= 4 is 21.2 Å². The first-order chi connectivity index (χ1) is 8.64. The molecular formula is C13H23NO2S2. The summed E-state index contributed by atoms with van der Waals surface area (Å²) in [5.74, 6) is 0.606. The Labute approximate surface area is 115 Å². The zero-order chi connectivity index (χ0) is 13.3. The molecule has 1 rings (SSSR count). The molecule has 0 bridgehead atoms. The molecule has 0 unspecified atom stereocenters. The number of hydrogen-bond acceptors (Lipinski definition) is 4. The number of rotatable bonds is 10. The topological polar surface area (TPSA) is 46.2 Å². The average molecular weight is 289 g/mol. The maximum atomic E-state index is 11.7. The molecule has 1 aromatic rings. The Morgan fingerprint density at radius 3 is 2.72 bits per heavy atom. The van der Waals surface area contributed by atoms with Crippen molar-refractivity contribution in [3.8, 4) is 0 Å². The molecule has 5 heteroatoms. The van der Waals surface area contributed by atoms with Crippen molar-refractivity contribution in [2.45, 2.75) is 32.6 Å². The van der Waals surface area contributed by atoms with Gasteiger partial charge in [-0.1, -0.05) is 25.8 Å². The van der Waals surface area contributed by atoms with Gasteiger partial charge in [0, 0.05) is 11.4 Å². The van der Waals surface area contributed by atoms with Crippen molar-refractivity contribution in [1.82, 2.24) is 5.32 Å². The summed E-state index contributed by atoms with van der Waals surface area (Å²) in [6.45, 7) is 3.50. The van der Waals surface area contributed by atoms with Crippen LogP contribution in [0.2, 0.25) is 0 Å². The third kappa shape index (κ3) is 7.13. The molecule has 18 heavy (non-hydrogen) atoms. The molecule has 3 nitrogen and oxygen atoms in total. The Morgan fingerprint density at radius 2 is 2.06 bits per heavy atom. The molecule has 0 atom stereocenters. The lowest BCUT2D eigenvalue weighted by molar-refractivity contribution is 0.586. The van der Waals surface area contributed by atoms with Gasteiger partial charge < -0.3 is 5.32 Å². The van der Waals surface area contributed by atoms with Gasteiger partial charge in [0.15, 0.2) is 9.84 Å². The number of nitrogens with one attached hydrogen (secondary N) is 1. The van der Waals surface area contributed by atoms with Crippen molar-refractivity contribution in [3.05, 3.63) is 22.4 Å². The molecule has 0 spiro atoms. The predicted octanol–water partition coefficient (Wildman–Crippen LogP) is 2.49. The largest absolute Gasteiger partial charge is 0.315 e. The van der Waals surface area contributed by atoms with Gasteiger partial charge in [-0.2, -0.15) is 0 Å². The second kappa shape index (κ2) is 8.67. The fraction of sp³-hybridized carbons (Fsp3) is 0.692. The van der Waals surface area contributed by atoms with Gasteiger partial charge in [-0.15, -0.1) is 11.3 Å². The van der Waals surface area contributed by atoms with Crippen LogP contribution >= 0.6 is 11.3 Å². The maximum absolute atomic E-state index is 11.7. The lowest BCUT2D eigenvalue weighted by Gasteiger charge is -2.05. The molecule has 0 aliphatic carbocycles. The van der Waals surface area contributed by atoms with Gasteiger partial charge in [0.2, 0.25) is 0 Å². The summed E-state index contributed by atoms with van der Waals surface area (Å²) in [5, 5.41) is 5.26. The molecule has 0 radical (unpaired) electrons. The molecule has 0 aliphatic rings. The molecule has 1 heterocycles. The minimum absolute atomic E-state index is 0.265. The van der Waals surface area contributed by atoms with E-state index >= 15 is 0 Å². The van der Waals surface area contributed by atoms with Gasteiger partial charge in [-0.3, -0.25) is 0 Å². The Morgan fingerprint density at radius 1 is 1.22 bits per heavy atom. The smallest absolute Gasteiger partial charge is 0.151 e. The van der Waals surface area contributed by atoms with Crippen molar-refractivity contribution in [2.24, 2.45) is 0 Å².